The van der Waals surface area contributed by atoms with E-state index in [0.29, 0.717) is 6.07 Å². The number of alkyl halides is 3. The van der Waals surface area contributed by atoms with Crippen LogP contribution in [0.25, 0.3) is 0 Å². The van der Waals surface area contributed by atoms with Crippen molar-refractivity contribution in [3.05, 3.63) is 53.1 Å². The highest BCUT2D eigenvalue weighted by molar-refractivity contribution is 6.74. The van der Waals surface area contributed by atoms with Gasteiger partial charge in [-0.25, -0.2) is 13.6 Å². The molecule has 9 nitrogen and oxygen atoms in total. The number of carbonyl (C=O) groups is 2. The van der Waals surface area contributed by atoms with Gasteiger partial charge in [0.2, 0.25) is 11.9 Å². The molecule has 2 amide bonds. The number of carbonyl (C=O) groups excluding carboxylic acids is 1. The molecule has 1 saturated heterocycles. The van der Waals surface area contributed by atoms with Crippen LogP contribution in [0.5, 0.6) is 0 Å². The Labute approximate surface area is 241 Å². The zero-order valence-corrected chi connectivity index (χ0v) is 25.0. The maximum Gasteiger partial charge on any atom is 0.434 e. The standard InChI is InChI=1S/C27H34F5N5O4Si/c1-25(2,3)42(5,6)41-13-12-37-19(38)14-26(4,36-23(37)35-24(39)40)15-8-7-9-18(21(15)29)34-22-17(33)11-10-16(28)20(22)27(30,31)32/h7-11,34H,12-14,33H2,1-6H3,(H,35,36)(H,39,40)/t26-/m0/s1. The smallest absolute Gasteiger partial charge is 0.434 e. The molecule has 1 atom stereocenters. The Hall–Kier alpha value is -3.72. The van der Waals surface area contributed by atoms with E-state index in [1.165, 1.54) is 19.1 Å². The average Bonchev–Trinajstić information content (AvgIpc) is 2.82. The van der Waals surface area contributed by atoms with Crippen molar-refractivity contribution in [3.63, 3.8) is 0 Å². The fraction of sp³-hybridized carbons (Fsp3) is 0.444. The fourth-order valence-electron chi connectivity index (χ4n) is 4.25. The quantitative estimate of drug-likeness (QED) is 0.161. The van der Waals surface area contributed by atoms with Crippen LogP contribution >= 0.6 is 0 Å². The summed E-state index contributed by atoms with van der Waals surface area (Å²) in [4.78, 5) is 29.4. The molecule has 0 spiro atoms. The fourth-order valence-corrected chi connectivity index (χ4v) is 5.28. The number of benzene rings is 2. The van der Waals surface area contributed by atoms with E-state index < -0.39 is 66.3 Å². The van der Waals surface area contributed by atoms with Gasteiger partial charge in [0.1, 0.15) is 11.4 Å². The average molecular weight is 616 g/mol. The number of hydrogen-bond donors (Lipinski definition) is 4. The first-order chi connectivity index (χ1) is 19.2. The molecule has 0 aliphatic carbocycles. The Morgan fingerprint density at radius 1 is 1.21 bits per heavy atom. The van der Waals surface area contributed by atoms with Crippen LogP contribution in [0.3, 0.4) is 0 Å². The van der Waals surface area contributed by atoms with Crippen molar-refractivity contribution < 1.29 is 41.1 Å². The maximum atomic E-state index is 15.9. The first-order valence-electron chi connectivity index (χ1n) is 12.9. The summed E-state index contributed by atoms with van der Waals surface area (Å²) >= 11 is 0. The second-order valence-electron chi connectivity index (χ2n) is 11.7. The van der Waals surface area contributed by atoms with Gasteiger partial charge in [0.15, 0.2) is 14.1 Å². The Balaban J connectivity index is 1.96. The van der Waals surface area contributed by atoms with Crippen LogP contribution < -0.4 is 16.4 Å². The van der Waals surface area contributed by atoms with E-state index >= 15 is 4.39 Å². The minimum absolute atomic E-state index is 0.0241. The van der Waals surface area contributed by atoms with Gasteiger partial charge in [-0.15, -0.1) is 4.99 Å². The van der Waals surface area contributed by atoms with E-state index in [0.717, 1.165) is 17.0 Å². The molecule has 5 N–H and O–H groups in total. The van der Waals surface area contributed by atoms with Gasteiger partial charge in [-0.2, -0.15) is 13.2 Å². The van der Waals surface area contributed by atoms with Crippen LogP contribution in [-0.2, 0) is 20.9 Å². The molecular weight excluding hydrogens is 581 g/mol. The molecule has 42 heavy (non-hydrogen) atoms. The number of anilines is 3. The number of carboxylic acid groups (broad SMARTS) is 1. The second kappa shape index (κ2) is 11.5. The second-order valence-corrected chi connectivity index (χ2v) is 16.5. The molecule has 2 aromatic rings. The van der Waals surface area contributed by atoms with Crippen LogP contribution in [0.15, 0.2) is 35.3 Å². The predicted octanol–water partition coefficient (Wildman–Crippen LogP) is 6.40. The number of nitrogens with zero attached hydrogens (tertiary/aromatic N) is 2. The highest BCUT2D eigenvalue weighted by Gasteiger charge is 2.43. The van der Waals surface area contributed by atoms with Gasteiger partial charge in [-0.05, 0) is 43.3 Å². The number of amides is 2. The Kier molecular flexibility index (Phi) is 8.99. The minimum Gasteiger partial charge on any atom is -0.463 e. The maximum absolute atomic E-state index is 15.9. The molecule has 1 heterocycles. The topological polar surface area (TPSA) is 129 Å². The summed E-state index contributed by atoms with van der Waals surface area (Å²) in [6.45, 7) is 11.7. The molecule has 0 saturated carbocycles. The van der Waals surface area contributed by atoms with Crippen LogP contribution in [0.4, 0.5) is 43.8 Å². The van der Waals surface area contributed by atoms with Crippen molar-refractivity contribution in [1.29, 1.82) is 0 Å². The van der Waals surface area contributed by atoms with Crippen molar-refractivity contribution in [3.8, 4) is 0 Å². The van der Waals surface area contributed by atoms with Gasteiger partial charge >= 0.3 is 12.3 Å². The van der Waals surface area contributed by atoms with E-state index in [2.05, 4.69) is 15.6 Å². The minimum atomic E-state index is -5.14. The normalized spacial score (nSPS) is 19.2. The molecule has 0 bridgehead atoms. The number of guanidine groups is 1. The molecule has 1 fully saturated rings. The van der Waals surface area contributed by atoms with E-state index in [-0.39, 0.29) is 36.1 Å². The Bertz CT molecular complexity index is 1410. The summed E-state index contributed by atoms with van der Waals surface area (Å²) in [7, 11) is -2.19. The van der Waals surface area contributed by atoms with Crippen LogP contribution in [0.2, 0.25) is 18.1 Å². The monoisotopic (exact) mass is 615 g/mol. The van der Waals surface area contributed by atoms with Crippen molar-refractivity contribution >= 4 is 43.3 Å². The highest BCUT2D eigenvalue weighted by atomic mass is 28.4. The van der Waals surface area contributed by atoms with Gasteiger partial charge < -0.3 is 25.9 Å². The van der Waals surface area contributed by atoms with E-state index in [1.807, 2.05) is 33.9 Å². The molecule has 230 valence electrons. The van der Waals surface area contributed by atoms with Crippen LogP contribution in [0, 0.1) is 11.6 Å². The van der Waals surface area contributed by atoms with Gasteiger partial charge in [-0.3, -0.25) is 9.69 Å². The summed E-state index contributed by atoms with van der Waals surface area (Å²) in [6, 6.07) is 5.19. The lowest BCUT2D eigenvalue weighted by Gasteiger charge is -2.42. The molecule has 1 aliphatic rings. The van der Waals surface area contributed by atoms with Gasteiger partial charge in [0, 0.05) is 5.56 Å². The number of nitrogens with one attached hydrogen (secondary N) is 2. The molecule has 0 unspecified atom stereocenters. The number of hydrogen-bond acceptors (Lipinski definition) is 5. The Morgan fingerprint density at radius 2 is 1.86 bits per heavy atom. The number of halogens is 5. The first-order valence-corrected chi connectivity index (χ1v) is 15.8. The first kappa shape index (κ1) is 32.8. The lowest BCUT2D eigenvalue weighted by molar-refractivity contribution is -0.139. The lowest BCUT2D eigenvalue weighted by atomic mass is 9.85. The number of aliphatic imine (C=N–C) groups is 1. The van der Waals surface area contributed by atoms with Crippen molar-refractivity contribution in [2.45, 2.75) is 64.0 Å². The van der Waals surface area contributed by atoms with E-state index in [9.17, 15) is 32.3 Å². The molecule has 0 aromatic heterocycles. The van der Waals surface area contributed by atoms with Gasteiger partial charge in [0.05, 0.1) is 42.2 Å². The van der Waals surface area contributed by atoms with Crippen LogP contribution in [0.1, 0.15) is 45.2 Å². The lowest BCUT2D eigenvalue weighted by Crippen LogP contribution is -2.61. The van der Waals surface area contributed by atoms with Crippen LogP contribution in [-0.4, -0.2) is 49.4 Å². The van der Waals surface area contributed by atoms with Crippen molar-refractivity contribution in [2.24, 2.45) is 4.99 Å². The summed E-state index contributed by atoms with van der Waals surface area (Å²) in [5, 5.41) is 14.3. The predicted molar refractivity (Wildman–Crippen MR) is 151 cm³/mol. The SMILES string of the molecule is CC(C)(C)[Si](C)(C)OCCN1C(=O)C[C@@](C)(c2cccc(Nc3c(N)ccc(F)c3C(F)(F)F)c2F)N/C1=N\C(=O)O. The molecule has 15 heteroatoms. The molecule has 3 rings (SSSR count). The Morgan fingerprint density at radius 3 is 2.43 bits per heavy atom. The molecule has 0 radical (unpaired) electrons. The third-order valence-electron chi connectivity index (χ3n) is 7.56. The largest absolute Gasteiger partial charge is 0.463 e. The number of nitrogen functional groups attached to an aromatic ring is 1. The molecule has 1 aliphatic heterocycles. The zero-order chi connectivity index (χ0) is 31.8. The highest BCUT2D eigenvalue weighted by Crippen LogP contribution is 2.42. The molecular formula is C27H34F5N5O4Si. The third kappa shape index (κ3) is 6.83. The summed E-state index contributed by atoms with van der Waals surface area (Å²) in [5.41, 5.74) is 0.411. The summed E-state index contributed by atoms with van der Waals surface area (Å²) < 4.78 is 77.0. The van der Waals surface area contributed by atoms with Crippen molar-refractivity contribution in [1.82, 2.24) is 10.2 Å². The summed E-state index contributed by atoms with van der Waals surface area (Å²) in [6.07, 6.45) is -7.11. The van der Waals surface area contributed by atoms with Gasteiger partial charge in [-0.1, -0.05) is 32.9 Å². The number of rotatable bonds is 7. The number of nitrogens with two attached hydrogens (primary N) is 1. The zero-order valence-electron chi connectivity index (χ0n) is 24.0. The van der Waals surface area contributed by atoms with Gasteiger partial charge in [0.25, 0.3) is 0 Å². The molecule has 2 aromatic carbocycles. The van der Waals surface area contributed by atoms with E-state index in [4.69, 9.17) is 10.2 Å². The van der Waals surface area contributed by atoms with Crippen molar-refractivity contribution in [2.75, 3.05) is 24.2 Å². The summed E-state index contributed by atoms with van der Waals surface area (Å²) in [5.74, 6) is -3.61. The third-order valence-corrected chi connectivity index (χ3v) is 12.1. The van der Waals surface area contributed by atoms with E-state index in [1.54, 1.807) is 0 Å².